The van der Waals surface area contributed by atoms with E-state index >= 15 is 0 Å². The second kappa shape index (κ2) is 6.72. The molecule has 2 N–H and O–H groups in total. The molecule has 0 aromatic heterocycles. The summed E-state index contributed by atoms with van der Waals surface area (Å²) in [6, 6.07) is -0.687. The molecule has 1 atom stereocenters. The van der Waals surface area contributed by atoms with E-state index < -0.39 is 12.0 Å². The van der Waals surface area contributed by atoms with Crippen molar-refractivity contribution in [1.29, 1.82) is 0 Å². The number of carbonyl (C=O) groups is 3. The number of rotatable bonds is 5. The Morgan fingerprint density at radius 1 is 1.10 bits per heavy atom. The summed E-state index contributed by atoms with van der Waals surface area (Å²) in [7, 11) is 0. The summed E-state index contributed by atoms with van der Waals surface area (Å²) in [4.78, 5) is 36.2. The van der Waals surface area contributed by atoms with Crippen LogP contribution in [0.5, 0.6) is 0 Å². The number of carbonyl (C=O) groups excluding carboxylic acids is 2. The molecule has 1 saturated heterocycles. The highest BCUT2D eigenvalue weighted by Crippen LogP contribution is 2.24. The first-order valence-corrected chi connectivity index (χ1v) is 7.39. The molecule has 2 aliphatic rings. The second-order valence-electron chi connectivity index (χ2n) is 5.61. The van der Waals surface area contributed by atoms with Gasteiger partial charge in [-0.1, -0.05) is 12.8 Å². The third kappa shape index (κ3) is 3.49. The molecular formula is C14H22N2O4. The summed E-state index contributed by atoms with van der Waals surface area (Å²) < 4.78 is 0. The third-order valence-electron chi connectivity index (χ3n) is 4.22. The summed E-state index contributed by atoms with van der Waals surface area (Å²) in [5, 5.41) is 11.8. The average Bonchev–Trinajstić information content (AvgIpc) is 3.09. The van der Waals surface area contributed by atoms with Gasteiger partial charge in [-0.2, -0.15) is 0 Å². The number of nitrogens with one attached hydrogen (secondary N) is 1. The van der Waals surface area contributed by atoms with Crippen molar-refractivity contribution in [2.45, 2.75) is 51.0 Å². The van der Waals surface area contributed by atoms with Crippen LogP contribution in [0.2, 0.25) is 0 Å². The highest BCUT2D eigenvalue weighted by atomic mass is 16.4. The van der Waals surface area contributed by atoms with Gasteiger partial charge in [0, 0.05) is 25.4 Å². The van der Waals surface area contributed by atoms with Gasteiger partial charge in [-0.3, -0.25) is 9.59 Å². The molecule has 1 saturated carbocycles. The standard InChI is InChI=1S/C14H22N2O4/c17-12(16-9-3-6-11(16)14(19)20)7-8-15-13(18)10-4-1-2-5-10/h10-11H,1-9H2,(H,15,18)(H,19,20)/t11-/m1/s1. The number of hydrogen-bond acceptors (Lipinski definition) is 3. The number of carboxylic acid groups (broad SMARTS) is 1. The molecule has 1 heterocycles. The van der Waals surface area contributed by atoms with Crippen LogP contribution in [0.15, 0.2) is 0 Å². The van der Waals surface area contributed by atoms with Gasteiger partial charge in [0.15, 0.2) is 0 Å². The molecule has 0 unspecified atom stereocenters. The van der Waals surface area contributed by atoms with Crippen LogP contribution >= 0.6 is 0 Å². The fourth-order valence-electron chi connectivity index (χ4n) is 3.09. The molecule has 0 radical (unpaired) electrons. The predicted octanol–water partition coefficient (Wildman–Crippen LogP) is 0.758. The van der Waals surface area contributed by atoms with Gasteiger partial charge in [0.05, 0.1) is 0 Å². The third-order valence-corrected chi connectivity index (χ3v) is 4.22. The number of aliphatic carboxylic acids is 1. The van der Waals surface area contributed by atoms with Crippen molar-refractivity contribution < 1.29 is 19.5 Å². The summed E-state index contributed by atoms with van der Waals surface area (Å²) in [5.74, 6) is -0.984. The molecule has 6 nitrogen and oxygen atoms in total. The van der Waals surface area contributed by atoms with Crippen LogP contribution in [0.1, 0.15) is 44.9 Å². The Bertz CT molecular complexity index is 391. The fourth-order valence-corrected chi connectivity index (χ4v) is 3.09. The van der Waals surface area contributed by atoms with E-state index in [0.717, 1.165) is 32.1 Å². The maximum atomic E-state index is 12.0. The SMILES string of the molecule is O=C(NCCC(=O)N1CCC[C@@H]1C(=O)O)C1CCCC1. The molecule has 0 bridgehead atoms. The molecule has 112 valence electrons. The lowest BCUT2D eigenvalue weighted by molar-refractivity contribution is -0.148. The zero-order valence-electron chi connectivity index (χ0n) is 11.6. The zero-order valence-corrected chi connectivity index (χ0v) is 11.6. The summed E-state index contributed by atoms with van der Waals surface area (Å²) in [6.45, 7) is 0.809. The van der Waals surface area contributed by atoms with E-state index in [0.29, 0.717) is 19.5 Å². The lowest BCUT2D eigenvalue weighted by Gasteiger charge is -2.21. The van der Waals surface area contributed by atoms with Gasteiger partial charge >= 0.3 is 5.97 Å². The lowest BCUT2D eigenvalue weighted by Crippen LogP contribution is -2.42. The molecule has 0 aromatic rings. The predicted molar refractivity (Wildman–Crippen MR) is 72.0 cm³/mol. The Labute approximate surface area is 118 Å². The molecule has 2 fully saturated rings. The van der Waals surface area contributed by atoms with Crippen molar-refractivity contribution in [2.75, 3.05) is 13.1 Å². The number of hydrogen-bond donors (Lipinski definition) is 2. The minimum absolute atomic E-state index is 0.0338. The van der Waals surface area contributed by atoms with Crippen LogP contribution in [-0.4, -0.2) is 46.9 Å². The molecule has 20 heavy (non-hydrogen) atoms. The summed E-state index contributed by atoms with van der Waals surface area (Å²) in [6.07, 6.45) is 5.52. The Morgan fingerprint density at radius 2 is 1.80 bits per heavy atom. The number of likely N-dealkylation sites (tertiary alicyclic amines) is 1. The van der Waals surface area contributed by atoms with E-state index in [4.69, 9.17) is 5.11 Å². The smallest absolute Gasteiger partial charge is 0.326 e. The van der Waals surface area contributed by atoms with Crippen LogP contribution < -0.4 is 5.32 Å². The molecule has 0 aromatic carbocycles. The first-order chi connectivity index (χ1) is 9.59. The van der Waals surface area contributed by atoms with Crippen LogP contribution in [0.25, 0.3) is 0 Å². The van der Waals surface area contributed by atoms with E-state index in [1.54, 1.807) is 0 Å². The van der Waals surface area contributed by atoms with Gasteiger partial charge in [-0.05, 0) is 25.7 Å². The van der Waals surface area contributed by atoms with Crippen molar-refractivity contribution in [3.05, 3.63) is 0 Å². The first kappa shape index (κ1) is 14.8. The quantitative estimate of drug-likeness (QED) is 0.779. The minimum Gasteiger partial charge on any atom is -0.480 e. The number of nitrogens with zero attached hydrogens (tertiary/aromatic N) is 1. The van der Waals surface area contributed by atoms with Gasteiger partial charge in [-0.25, -0.2) is 4.79 Å². The zero-order chi connectivity index (χ0) is 14.5. The fraction of sp³-hybridized carbons (Fsp3) is 0.786. The molecule has 6 heteroatoms. The van der Waals surface area contributed by atoms with E-state index in [2.05, 4.69) is 5.32 Å². The maximum Gasteiger partial charge on any atom is 0.326 e. The highest BCUT2D eigenvalue weighted by Gasteiger charge is 2.33. The van der Waals surface area contributed by atoms with Crippen LogP contribution in [-0.2, 0) is 14.4 Å². The van der Waals surface area contributed by atoms with Gasteiger partial charge < -0.3 is 15.3 Å². The Balaban J connectivity index is 1.72. The van der Waals surface area contributed by atoms with Crippen molar-refractivity contribution in [1.82, 2.24) is 10.2 Å². The number of carboxylic acids is 1. The first-order valence-electron chi connectivity index (χ1n) is 7.39. The molecule has 2 rings (SSSR count). The summed E-state index contributed by atoms with van der Waals surface area (Å²) in [5.41, 5.74) is 0. The topological polar surface area (TPSA) is 86.7 Å². The van der Waals surface area contributed by atoms with Gasteiger partial charge in [-0.15, -0.1) is 0 Å². The molecular weight excluding hydrogens is 260 g/mol. The van der Waals surface area contributed by atoms with E-state index in [9.17, 15) is 14.4 Å². The van der Waals surface area contributed by atoms with Crippen molar-refractivity contribution >= 4 is 17.8 Å². The Kier molecular flexibility index (Phi) is 4.98. The van der Waals surface area contributed by atoms with Gasteiger partial charge in [0.2, 0.25) is 11.8 Å². The van der Waals surface area contributed by atoms with E-state index in [-0.39, 0.29) is 24.2 Å². The van der Waals surface area contributed by atoms with Crippen molar-refractivity contribution in [2.24, 2.45) is 5.92 Å². The minimum atomic E-state index is -0.939. The van der Waals surface area contributed by atoms with E-state index in [1.165, 1.54) is 4.90 Å². The maximum absolute atomic E-state index is 12.0. The molecule has 2 amide bonds. The lowest BCUT2D eigenvalue weighted by atomic mass is 10.1. The normalized spacial score (nSPS) is 23.0. The molecule has 1 aliphatic carbocycles. The second-order valence-corrected chi connectivity index (χ2v) is 5.61. The molecule has 0 spiro atoms. The largest absolute Gasteiger partial charge is 0.480 e. The van der Waals surface area contributed by atoms with Crippen LogP contribution in [0, 0.1) is 5.92 Å². The van der Waals surface area contributed by atoms with Gasteiger partial charge in [0.25, 0.3) is 0 Å². The Morgan fingerprint density at radius 3 is 2.45 bits per heavy atom. The average molecular weight is 282 g/mol. The molecule has 1 aliphatic heterocycles. The van der Waals surface area contributed by atoms with Crippen molar-refractivity contribution in [3.63, 3.8) is 0 Å². The van der Waals surface area contributed by atoms with Crippen LogP contribution in [0.4, 0.5) is 0 Å². The van der Waals surface area contributed by atoms with E-state index in [1.807, 2.05) is 0 Å². The summed E-state index contributed by atoms with van der Waals surface area (Å²) >= 11 is 0. The van der Waals surface area contributed by atoms with Crippen molar-refractivity contribution in [3.8, 4) is 0 Å². The Hall–Kier alpha value is -1.59. The number of amides is 2. The monoisotopic (exact) mass is 282 g/mol. The van der Waals surface area contributed by atoms with Crippen LogP contribution in [0.3, 0.4) is 0 Å². The van der Waals surface area contributed by atoms with Gasteiger partial charge in [0.1, 0.15) is 6.04 Å². The highest BCUT2D eigenvalue weighted by molar-refractivity contribution is 5.85.